The number of amides is 1. The van der Waals surface area contributed by atoms with E-state index >= 15 is 0 Å². The fourth-order valence-corrected chi connectivity index (χ4v) is 3.82. The Morgan fingerprint density at radius 3 is 2.75 bits per heavy atom. The largest absolute Gasteiger partial charge is 0.333 e. The maximum atomic E-state index is 12.9. The summed E-state index contributed by atoms with van der Waals surface area (Å²) in [7, 11) is 0. The first-order valence-corrected chi connectivity index (χ1v) is 7.38. The molecule has 20 heavy (non-hydrogen) atoms. The lowest BCUT2D eigenvalue weighted by Crippen LogP contribution is -2.47. The first-order chi connectivity index (χ1) is 9.41. The van der Waals surface area contributed by atoms with Crippen LogP contribution in [0.15, 0.2) is 12.1 Å². The van der Waals surface area contributed by atoms with Crippen LogP contribution in [0.25, 0.3) is 0 Å². The molecule has 2 unspecified atom stereocenters. The quantitative estimate of drug-likeness (QED) is 0.848. The highest BCUT2D eigenvalue weighted by Crippen LogP contribution is 2.41. The number of likely N-dealkylation sites (tertiary alicyclic amines) is 1. The molecule has 0 spiro atoms. The summed E-state index contributed by atoms with van der Waals surface area (Å²) in [4.78, 5) is 19.4. The van der Waals surface area contributed by atoms with Gasteiger partial charge in [0.15, 0.2) is 0 Å². The highest BCUT2D eigenvalue weighted by atomic mass is 16.2. The van der Waals surface area contributed by atoms with Gasteiger partial charge in [0.2, 0.25) is 0 Å². The Hall–Kier alpha value is -1.42. The van der Waals surface area contributed by atoms with Gasteiger partial charge in [-0.05, 0) is 51.7 Å². The van der Waals surface area contributed by atoms with Gasteiger partial charge in [0, 0.05) is 30.9 Å². The van der Waals surface area contributed by atoms with Crippen molar-refractivity contribution in [2.75, 3.05) is 19.6 Å². The van der Waals surface area contributed by atoms with Gasteiger partial charge in [-0.2, -0.15) is 0 Å². The monoisotopic (exact) mass is 273 g/mol. The third-order valence-electron chi connectivity index (χ3n) is 5.06. The smallest absolute Gasteiger partial charge is 0.256 e. The van der Waals surface area contributed by atoms with Gasteiger partial charge in [0.1, 0.15) is 0 Å². The Bertz CT molecular complexity index is 553. The predicted octanol–water partition coefficient (Wildman–Crippen LogP) is 1.77. The molecule has 2 aliphatic rings. The summed E-state index contributed by atoms with van der Waals surface area (Å²) < 4.78 is 0. The number of hydrogen-bond acceptors (Lipinski definition) is 3. The van der Waals surface area contributed by atoms with E-state index in [0.29, 0.717) is 11.8 Å². The summed E-state index contributed by atoms with van der Waals surface area (Å²) in [5, 5.41) is 3.45. The zero-order valence-electron chi connectivity index (χ0n) is 12.7. The van der Waals surface area contributed by atoms with E-state index in [1.807, 2.05) is 26.0 Å². The molecule has 1 amide bonds. The minimum absolute atomic E-state index is 0.0808. The first kappa shape index (κ1) is 13.6. The number of carbonyl (C=O) groups is 1. The molecule has 3 rings (SSSR count). The average molecular weight is 273 g/mol. The van der Waals surface area contributed by atoms with Gasteiger partial charge in [0.25, 0.3) is 5.91 Å². The summed E-state index contributed by atoms with van der Waals surface area (Å²) >= 11 is 0. The van der Waals surface area contributed by atoms with E-state index in [2.05, 4.69) is 29.0 Å². The molecule has 4 heteroatoms. The lowest BCUT2D eigenvalue weighted by molar-refractivity contribution is 0.0602. The third kappa shape index (κ3) is 1.94. The van der Waals surface area contributed by atoms with Crippen LogP contribution in [0.1, 0.15) is 35.6 Å². The Labute approximate surface area is 120 Å². The lowest BCUT2D eigenvalue weighted by Gasteiger charge is -2.35. The molecule has 1 N–H and O–H groups in total. The fourth-order valence-electron chi connectivity index (χ4n) is 3.82. The van der Waals surface area contributed by atoms with Crippen LogP contribution in [0.2, 0.25) is 0 Å². The third-order valence-corrected chi connectivity index (χ3v) is 5.06. The number of nitrogens with zero attached hydrogens (tertiary/aromatic N) is 2. The average Bonchev–Trinajstić information content (AvgIpc) is 2.91. The Kier molecular flexibility index (Phi) is 3.09. The van der Waals surface area contributed by atoms with E-state index in [9.17, 15) is 4.79 Å². The molecule has 4 nitrogen and oxygen atoms in total. The number of aryl methyl sites for hydroxylation is 2. The maximum Gasteiger partial charge on any atom is 0.256 e. The number of fused-ring (bicyclic) bond motifs is 1. The van der Waals surface area contributed by atoms with Gasteiger partial charge < -0.3 is 10.2 Å². The standard InChI is InChI=1S/C16H23N3O/c1-10-5-6-13(11(2)18-10)15(20)19-9-12-7-17-8-14(12)16(19,3)4/h5-6,12,14,17H,7-9H2,1-4H3. The first-order valence-electron chi connectivity index (χ1n) is 7.38. The highest BCUT2D eigenvalue weighted by molar-refractivity contribution is 5.96. The summed E-state index contributed by atoms with van der Waals surface area (Å²) in [6, 6.07) is 3.84. The van der Waals surface area contributed by atoms with E-state index < -0.39 is 0 Å². The Morgan fingerprint density at radius 2 is 2.10 bits per heavy atom. The predicted molar refractivity (Wildman–Crippen MR) is 78.7 cm³/mol. The lowest BCUT2D eigenvalue weighted by atomic mass is 9.84. The number of rotatable bonds is 1. The van der Waals surface area contributed by atoms with Gasteiger partial charge in [-0.1, -0.05) is 0 Å². The van der Waals surface area contributed by atoms with Crippen LogP contribution in [-0.2, 0) is 0 Å². The molecule has 3 heterocycles. The van der Waals surface area contributed by atoms with Crippen LogP contribution in [0.3, 0.4) is 0 Å². The molecular formula is C16H23N3O. The number of nitrogens with one attached hydrogen (secondary N) is 1. The number of hydrogen-bond donors (Lipinski definition) is 1. The normalized spacial score (nSPS) is 27.7. The van der Waals surface area contributed by atoms with Crippen molar-refractivity contribution in [2.45, 2.75) is 33.2 Å². The molecule has 108 valence electrons. The second kappa shape index (κ2) is 4.55. The van der Waals surface area contributed by atoms with E-state index in [1.165, 1.54) is 0 Å². The SMILES string of the molecule is Cc1ccc(C(=O)N2CC3CNCC3C2(C)C)c(C)n1. The van der Waals surface area contributed by atoms with Gasteiger partial charge in [-0.15, -0.1) is 0 Å². The number of pyridine rings is 1. The van der Waals surface area contributed by atoms with E-state index in [1.54, 1.807) is 0 Å². The molecule has 2 fully saturated rings. The van der Waals surface area contributed by atoms with Crippen molar-refractivity contribution in [1.29, 1.82) is 0 Å². The molecule has 0 saturated carbocycles. The molecule has 2 atom stereocenters. The second-order valence-electron chi connectivity index (χ2n) is 6.68. The van der Waals surface area contributed by atoms with Crippen LogP contribution in [0.4, 0.5) is 0 Å². The van der Waals surface area contributed by atoms with E-state index in [0.717, 1.165) is 36.6 Å². The molecule has 0 bridgehead atoms. The molecule has 0 aromatic carbocycles. The number of aromatic nitrogens is 1. The summed E-state index contributed by atoms with van der Waals surface area (Å²) in [5.74, 6) is 1.28. The zero-order valence-corrected chi connectivity index (χ0v) is 12.7. The van der Waals surface area contributed by atoms with Crippen molar-refractivity contribution >= 4 is 5.91 Å². The van der Waals surface area contributed by atoms with Crippen molar-refractivity contribution in [3.8, 4) is 0 Å². The van der Waals surface area contributed by atoms with Crippen LogP contribution < -0.4 is 5.32 Å². The fraction of sp³-hybridized carbons (Fsp3) is 0.625. The van der Waals surface area contributed by atoms with Crippen molar-refractivity contribution < 1.29 is 4.79 Å². The summed E-state index contributed by atoms with van der Waals surface area (Å²) in [5.41, 5.74) is 2.46. The van der Waals surface area contributed by atoms with Gasteiger partial charge in [-0.25, -0.2) is 0 Å². The highest BCUT2D eigenvalue weighted by Gasteiger charge is 2.51. The van der Waals surface area contributed by atoms with Gasteiger partial charge in [0.05, 0.1) is 11.3 Å². The Morgan fingerprint density at radius 1 is 1.35 bits per heavy atom. The van der Waals surface area contributed by atoms with E-state index in [4.69, 9.17) is 0 Å². The molecule has 0 aliphatic carbocycles. The van der Waals surface area contributed by atoms with Crippen molar-refractivity contribution in [2.24, 2.45) is 11.8 Å². The molecular weight excluding hydrogens is 250 g/mol. The molecule has 0 radical (unpaired) electrons. The van der Waals surface area contributed by atoms with Crippen LogP contribution in [0.5, 0.6) is 0 Å². The van der Waals surface area contributed by atoms with Crippen molar-refractivity contribution in [3.63, 3.8) is 0 Å². The second-order valence-corrected chi connectivity index (χ2v) is 6.68. The molecule has 1 aromatic heterocycles. The minimum atomic E-state index is -0.0808. The van der Waals surface area contributed by atoms with Crippen molar-refractivity contribution in [3.05, 3.63) is 29.1 Å². The van der Waals surface area contributed by atoms with Crippen LogP contribution in [0, 0.1) is 25.7 Å². The zero-order chi connectivity index (χ0) is 14.5. The topological polar surface area (TPSA) is 45.2 Å². The maximum absolute atomic E-state index is 12.9. The van der Waals surface area contributed by atoms with Gasteiger partial charge >= 0.3 is 0 Å². The molecule has 2 aliphatic heterocycles. The number of carbonyl (C=O) groups excluding carboxylic acids is 1. The Balaban J connectivity index is 1.91. The summed E-state index contributed by atoms with van der Waals surface area (Å²) in [6.07, 6.45) is 0. The van der Waals surface area contributed by atoms with Crippen LogP contribution in [-0.4, -0.2) is 41.0 Å². The van der Waals surface area contributed by atoms with Crippen LogP contribution >= 0.6 is 0 Å². The van der Waals surface area contributed by atoms with Gasteiger partial charge in [-0.3, -0.25) is 9.78 Å². The minimum Gasteiger partial charge on any atom is -0.333 e. The summed E-state index contributed by atoms with van der Waals surface area (Å²) in [6.45, 7) is 11.2. The van der Waals surface area contributed by atoms with Crippen molar-refractivity contribution in [1.82, 2.24) is 15.2 Å². The van der Waals surface area contributed by atoms with E-state index in [-0.39, 0.29) is 11.4 Å². The molecule has 1 aromatic rings. The molecule has 2 saturated heterocycles.